The van der Waals surface area contributed by atoms with Gasteiger partial charge in [-0.15, -0.1) is 11.3 Å². The van der Waals surface area contributed by atoms with Crippen LogP contribution in [0.1, 0.15) is 45.7 Å². The second-order valence-corrected chi connectivity index (χ2v) is 8.42. The fraction of sp³-hybridized carbons (Fsp3) is 0.304. The summed E-state index contributed by atoms with van der Waals surface area (Å²) >= 11 is 0.975. The number of alkyl halides is 3. The Hall–Kier alpha value is -2.03. The molecule has 3 rings (SSSR count). The van der Waals surface area contributed by atoms with Gasteiger partial charge in [0.1, 0.15) is 0 Å². The van der Waals surface area contributed by atoms with Crippen molar-refractivity contribution in [1.82, 2.24) is 14.7 Å². The first-order chi connectivity index (χ1) is 16.5. The van der Waals surface area contributed by atoms with E-state index in [9.17, 15) is 27.9 Å². The summed E-state index contributed by atoms with van der Waals surface area (Å²) in [5, 5.41) is 22.1. The molecule has 0 N–H and O–H groups in total. The summed E-state index contributed by atoms with van der Waals surface area (Å²) in [5.41, 5.74) is -0.641. The van der Waals surface area contributed by atoms with E-state index >= 15 is 0 Å². The number of aryl methyl sites for hydroxylation is 1. The third-order valence-corrected chi connectivity index (χ3v) is 6.24. The van der Waals surface area contributed by atoms with Crippen molar-refractivity contribution < 1.29 is 79.3 Å². The van der Waals surface area contributed by atoms with Crippen LogP contribution in [0.25, 0.3) is 11.3 Å². The average Bonchev–Trinajstić information content (AvgIpc) is 3.42. The normalized spacial score (nSPS) is 11.4. The maximum absolute atomic E-state index is 13.2. The number of aromatic nitrogens is 2. The van der Waals surface area contributed by atoms with Crippen LogP contribution >= 0.6 is 11.3 Å². The molecule has 0 unspecified atom stereocenters. The van der Waals surface area contributed by atoms with Gasteiger partial charge in [-0.05, 0) is 56.3 Å². The zero-order valence-corrected chi connectivity index (χ0v) is 24.4. The van der Waals surface area contributed by atoms with E-state index in [1.54, 1.807) is 11.8 Å². The Balaban J connectivity index is 0.00000456. The summed E-state index contributed by atoms with van der Waals surface area (Å²) < 4.78 is 39.9. The molecule has 0 aliphatic rings. The van der Waals surface area contributed by atoms with Gasteiger partial charge in [0.25, 0.3) is 11.8 Å². The molecule has 0 saturated heterocycles. The van der Waals surface area contributed by atoms with Gasteiger partial charge in [-0.25, -0.2) is 0 Å². The van der Waals surface area contributed by atoms with Crippen LogP contribution in [-0.4, -0.2) is 45.8 Å². The number of hydrogen-bond donors (Lipinski definition) is 0. The van der Waals surface area contributed by atoms with Crippen LogP contribution in [0.3, 0.4) is 0 Å². The maximum atomic E-state index is 13.2. The number of carbonyl (C=O) groups is 2. The minimum absolute atomic E-state index is 0. The molecular weight excluding hydrogens is 522 g/mol. The van der Waals surface area contributed by atoms with Crippen molar-refractivity contribution in [3.8, 4) is 17.0 Å². The fourth-order valence-electron chi connectivity index (χ4n) is 3.42. The monoisotopic (exact) mass is 545 g/mol. The molecule has 0 spiro atoms. The molecule has 0 saturated carbocycles. The van der Waals surface area contributed by atoms with E-state index in [-0.39, 0.29) is 79.2 Å². The first-order valence-corrected chi connectivity index (χ1v) is 11.5. The van der Waals surface area contributed by atoms with Gasteiger partial charge < -0.3 is 10.0 Å². The molecule has 0 atom stereocenters. The quantitative estimate of drug-likeness (QED) is 0.255. The molecule has 1 aromatic carbocycles. The van der Waals surface area contributed by atoms with E-state index in [0.717, 1.165) is 28.5 Å². The number of thiophene rings is 1. The molecule has 0 aliphatic heterocycles. The molecule has 0 bridgehead atoms. The van der Waals surface area contributed by atoms with Crippen LogP contribution in [0.15, 0.2) is 41.5 Å². The molecule has 0 radical (unpaired) electrons. The average molecular weight is 546 g/mol. The Labute approximate surface area is 252 Å². The van der Waals surface area contributed by atoms with E-state index < -0.39 is 23.4 Å². The summed E-state index contributed by atoms with van der Waals surface area (Å²) in [5.74, 6) is -1.87. The summed E-state index contributed by atoms with van der Waals surface area (Å²) in [6.45, 7) is 6.29. The number of hydrogen-bond acceptors (Lipinski definition) is 6. The molecule has 2 aromatic heterocycles. The number of hydrazone groups is 1. The van der Waals surface area contributed by atoms with Gasteiger partial charge >= 0.3 is 57.6 Å². The number of nitrogens with zero attached hydrogens (tertiary/aromatic N) is 5. The largest absolute Gasteiger partial charge is 1.00 e. The van der Waals surface area contributed by atoms with Gasteiger partial charge in [-0.1, -0.05) is 12.1 Å². The number of rotatable bonds is 7. The van der Waals surface area contributed by atoms with E-state index in [1.807, 2.05) is 13.8 Å². The predicted molar refractivity (Wildman–Crippen MR) is 126 cm³/mol. The van der Waals surface area contributed by atoms with E-state index in [4.69, 9.17) is 0 Å². The van der Waals surface area contributed by atoms with Crippen molar-refractivity contribution in [3.05, 3.63) is 51.7 Å². The standard InChI is InChI=1S/C23H24F3N5O3S.K/c1-5-27-31(22(34)17-13-12-16(35-17)21(33)30(6-2)7-3)20-19(32)18(29(4)28-20)14-8-10-15(11-9-14)23(24,25)26;/h5,8-13,32H,6-7H2,1-4H3;/q;+1/p-1/b27-5+;. The summed E-state index contributed by atoms with van der Waals surface area (Å²) in [7, 11) is 1.45. The van der Waals surface area contributed by atoms with Crippen LogP contribution in [-0.2, 0) is 13.2 Å². The fourth-order valence-corrected chi connectivity index (χ4v) is 4.32. The van der Waals surface area contributed by atoms with Gasteiger partial charge in [0.2, 0.25) is 0 Å². The minimum atomic E-state index is -4.51. The number of anilines is 1. The Kier molecular flexibility index (Phi) is 10.5. The van der Waals surface area contributed by atoms with Crippen molar-refractivity contribution in [3.63, 3.8) is 0 Å². The second-order valence-electron chi connectivity index (χ2n) is 7.33. The van der Waals surface area contributed by atoms with Gasteiger partial charge in [0.15, 0.2) is 5.82 Å². The zero-order valence-electron chi connectivity index (χ0n) is 20.5. The van der Waals surface area contributed by atoms with Gasteiger partial charge in [-0.2, -0.15) is 28.4 Å². The first-order valence-electron chi connectivity index (χ1n) is 10.7. The molecule has 3 aromatic rings. The van der Waals surface area contributed by atoms with Crippen molar-refractivity contribution in [2.45, 2.75) is 26.9 Å². The van der Waals surface area contributed by atoms with Crippen LogP contribution in [0.4, 0.5) is 19.0 Å². The molecule has 36 heavy (non-hydrogen) atoms. The van der Waals surface area contributed by atoms with E-state index in [0.29, 0.717) is 18.0 Å². The topological polar surface area (TPSA) is 93.9 Å². The Morgan fingerprint density at radius 3 is 2.14 bits per heavy atom. The molecule has 13 heteroatoms. The Bertz CT molecular complexity index is 1250. The number of carbonyl (C=O) groups excluding carboxylic acids is 2. The van der Waals surface area contributed by atoms with Gasteiger partial charge in [0.05, 0.1) is 21.0 Å². The first kappa shape index (κ1) is 30.2. The van der Waals surface area contributed by atoms with Crippen molar-refractivity contribution in [1.29, 1.82) is 0 Å². The number of benzene rings is 1. The third kappa shape index (κ3) is 6.26. The minimum Gasteiger partial charge on any atom is -0.868 e. The maximum Gasteiger partial charge on any atom is 1.00 e. The molecule has 0 fully saturated rings. The van der Waals surface area contributed by atoms with Crippen molar-refractivity contribution in [2.75, 3.05) is 18.1 Å². The van der Waals surface area contributed by atoms with E-state index in [1.165, 1.54) is 42.2 Å². The number of amides is 2. The molecule has 186 valence electrons. The van der Waals surface area contributed by atoms with Crippen molar-refractivity contribution >= 4 is 35.2 Å². The molecule has 0 aliphatic carbocycles. The Morgan fingerprint density at radius 2 is 1.64 bits per heavy atom. The van der Waals surface area contributed by atoms with Gasteiger partial charge in [-0.3, -0.25) is 14.3 Å². The van der Waals surface area contributed by atoms with Crippen LogP contribution < -0.4 is 61.5 Å². The summed E-state index contributed by atoms with van der Waals surface area (Å²) in [6, 6.07) is 7.10. The molecule has 8 nitrogen and oxygen atoms in total. The molecular formula is C23H23F3KN5O3S. The Morgan fingerprint density at radius 1 is 1.08 bits per heavy atom. The second kappa shape index (κ2) is 12.5. The molecule has 2 amide bonds. The molecule has 2 heterocycles. The predicted octanol–water partition coefficient (Wildman–Crippen LogP) is 1.38. The smallest absolute Gasteiger partial charge is 0.868 e. The van der Waals surface area contributed by atoms with E-state index in [2.05, 4.69) is 10.2 Å². The summed E-state index contributed by atoms with van der Waals surface area (Å²) in [4.78, 5) is 28.0. The third-order valence-electron chi connectivity index (χ3n) is 5.17. The van der Waals surface area contributed by atoms with Gasteiger partial charge in [0, 0.05) is 26.4 Å². The van der Waals surface area contributed by atoms with Crippen LogP contribution in [0, 0.1) is 0 Å². The SMILES string of the molecule is C/C=N/N(C(=O)c1ccc(C(=O)N(CC)CC)s1)c1nn(C)c(-c2ccc(C(F)(F)F)cc2)c1[O-].[K+]. The van der Waals surface area contributed by atoms with Crippen molar-refractivity contribution in [2.24, 2.45) is 12.1 Å². The van der Waals surface area contributed by atoms with Crippen LogP contribution in [0.5, 0.6) is 5.75 Å². The number of halogens is 3. The van der Waals surface area contributed by atoms with Crippen LogP contribution in [0.2, 0.25) is 0 Å². The summed E-state index contributed by atoms with van der Waals surface area (Å²) in [6.07, 6.45) is -3.21. The zero-order chi connectivity index (χ0) is 25.9.